The second-order valence-electron chi connectivity index (χ2n) is 4.87. The van der Waals surface area contributed by atoms with Gasteiger partial charge in [-0.3, -0.25) is 0 Å². The summed E-state index contributed by atoms with van der Waals surface area (Å²) in [6, 6.07) is 9.27. The Labute approximate surface area is 122 Å². The summed E-state index contributed by atoms with van der Waals surface area (Å²) in [6.07, 6.45) is 3.43. The molecule has 0 aliphatic carbocycles. The molecule has 0 unspecified atom stereocenters. The summed E-state index contributed by atoms with van der Waals surface area (Å²) in [5, 5.41) is 8.86. The summed E-state index contributed by atoms with van der Waals surface area (Å²) in [6.45, 7) is 3.50. The van der Waals surface area contributed by atoms with E-state index in [1.807, 2.05) is 24.3 Å². The Hall–Kier alpha value is -2.63. The van der Waals surface area contributed by atoms with Gasteiger partial charge in [0.05, 0.1) is 11.9 Å². The highest BCUT2D eigenvalue weighted by molar-refractivity contribution is 5.85. The Kier molecular flexibility index (Phi) is 3.68. The number of pyridine rings is 2. The SMILES string of the molecule is O=C(O)c1ccc(N2CCN(c3ccccn3)CC2)cn1. The fourth-order valence-corrected chi connectivity index (χ4v) is 2.43. The number of hydrogen-bond donors (Lipinski definition) is 1. The largest absolute Gasteiger partial charge is 0.477 e. The van der Waals surface area contributed by atoms with Crippen molar-refractivity contribution in [2.24, 2.45) is 0 Å². The van der Waals surface area contributed by atoms with Crippen LogP contribution in [0.3, 0.4) is 0 Å². The van der Waals surface area contributed by atoms with Crippen molar-refractivity contribution in [3.05, 3.63) is 48.4 Å². The monoisotopic (exact) mass is 284 g/mol. The highest BCUT2D eigenvalue weighted by atomic mass is 16.4. The van der Waals surface area contributed by atoms with Crippen LogP contribution in [0.1, 0.15) is 10.5 Å². The van der Waals surface area contributed by atoms with Gasteiger partial charge in [0.25, 0.3) is 0 Å². The normalized spacial score (nSPS) is 15.0. The zero-order chi connectivity index (χ0) is 14.7. The second kappa shape index (κ2) is 5.78. The van der Waals surface area contributed by atoms with Gasteiger partial charge in [0.2, 0.25) is 0 Å². The Morgan fingerprint density at radius 1 is 1.00 bits per heavy atom. The number of carbonyl (C=O) groups is 1. The molecular formula is C15H16N4O2. The van der Waals surface area contributed by atoms with E-state index >= 15 is 0 Å². The number of anilines is 2. The Morgan fingerprint density at radius 3 is 2.33 bits per heavy atom. The van der Waals surface area contributed by atoms with Crippen LogP contribution < -0.4 is 9.80 Å². The molecule has 1 aliphatic heterocycles. The van der Waals surface area contributed by atoms with E-state index in [1.54, 1.807) is 18.5 Å². The average molecular weight is 284 g/mol. The summed E-state index contributed by atoms with van der Waals surface area (Å²) in [7, 11) is 0. The first-order chi connectivity index (χ1) is 10.2. The van der Waals surface area contributed by atoms with Gasteiger partial charge in [-0.05, 0) is 24.3 Å². The van der Waals surface area contributed by atoms with E-state index in [4.69, 9.17) is 5.11 Å². The van der Waals surface area contributed by atoms with Crippen molar-refractivity contribution in [2.45, 2.75) is 0 Å². The van der Waals surface area contributed by atoms with Crippen LogP contribution >= 0.6 is 0 Å². The lowest BCUT2D eigenvalue weighted by atomic mass is 10.2. The maximum Gasteiger partial charge on any atom is 0.354 e. The van der Waals surface area contributed by atoms with E-state index in [0.717, 1.165) is 37.7 Å². The van der Waals surface area contributed by atoms with E-state index in [-0.39, 0.29) is 5.69 Å². The van der Waals surface area contributed by atoms with Crippen LogP contribution in [-0.2, 0) is 0 Å². The average Bonchev–Trinajstić information content (AvgIpc) is 2.56. The summed E-state index contributed by atoms with van der Waals surface area (Å²) in [4.78, 5) is 23.6. The molecule has 0 bridgehead atoms. The van der Waals surface area contributed by atoms with Crippen molar-refractivity contribution >= 4 is 17.5 Å². The molecule has 108 valence electrons. The topological polar surface area (TPSA) is 69.6 Å². The van der Waals surface area contributed by atoms with Crippen molar-refractivity contribution in [1.29, 1.82) is 0 Å². The van der Waals surface area contributed by atoms with Crippen LogP contribution in [0.5, 0.6) is 0 Å². The van der Waals surface area contributed by atoms with Crippen LogP contribution in [0.15, 0.2) is 42.7 Å². The predicted octanol–water partition coefficient (Wildman–Crippen LogP) is 1.50. The number of carboxylic acids is 1. The first-order valence-corrected chi connectivity index (χ1v) is 6.84. The molecule has 6 nitrogen and oxygen atoms in total. The molecule has 3 heterocycles. The lowest BCUT2D eigenvalue weighted by Gasteiger charge is -2.36. The van der Waals surface area contributed by atoms with Crippen LogP contribution in [-0.4, -0.2) is 47.2 Å². The van der Waals surface area contributed by atoms with E-state index in [2.05, 4.69) is 19.8 Å². The molecule has 1 saturated heterocycles. The van der Waals surface area contributed by atoms with Crippen LogP contribution in [0.25, 0.3) is 0 Å². The first kappa shape index (κ1) is 13.4. The van der Waals surface area contributed by atoms with Gasteiger partial charge in [0.15, 0.2) is 0 Å². The van der Waals surface area contributed by atoms with Gasteiger partial charge in [-0.1, -0.05) is 6.07 Å². The molecule has 0 saturated carbocycles. The number of carboxylic acid groups (broad SMARTS) is 1. The van der Waals surface area contributed by atoms with Crippen molar-refractivity contribution < 1.29 is 9.90 Å². The van der Waals surface area contributed by atoms with Gasteiger partial charge >= 0.3 is 5.97 Å². The lowest BCUT2D eigenvalue weighted by molar-refractivity contribution is 0.0690. The molecule has 1 N–H and O–H groups in total. The van der Waals surface area contributed by atoms with Crippen LogP contribution in [0, 0.1) is 0 Å². The van der Waals surface area contributed by atoms with E-state index in [1.165, 1.54) is 0 Å². The standard InChI is InChI=1S/C15H16N4O2/c20-15(21)13-5-4-12(11-17-13)18-7-9-19(10-8-18)14-3-1-2-6-16-14/h1-6,11H,7-10H2,(H,20,21). The van der Waals surface area contributed by atoms with Gasteiger partial charge in [-0.25, -0.2) is 14.8 Å². The minimum atomic E-state index is -0.999. The maximum absolute atomic E-state index is 10.8. The Balaban J connectivity index is 1.64. The van der Waals surface area contributed by atoms with Gasteiger partial charge in [-0.2, -0.15) is 0 Å². The smallest absolute Gasteiger partial charge is 0.354 e. The van der Waals surface area contributed by atoms with Crippen molar-refractivity contribution in [3.8, 4) is 0 Å². The Bertz CT molecular complexity index is 607. The Morgan fingerprint density at radius 2 is 1.76 bits per heavy atom. The molecule has 0 atom stereocenters. The predicted molar refractivity (Wildman–Crippen MR) is 79.9 cm³/mol. The summed E-state index contributed by atoms with van der Waals surface area (Å²) < 4.78 is 0. The molecule has 1 aliphatic rings. The molecular weight excluding hydrogens is 268 g/mol. The minimum Gasteiger partial charge on any atom is -0.477 e. The molecule has 6 heteroatoms. The fourth-order valence-electron chi connectivity index (χ4n) is 2.43. The zero-order valence-electron chi connectivity index (χ0n) is 11.5. The highest BCUT2D eigenvalue weighted by Crippen LogP contribution is 2.18. The molecule has 2 aromatic rings. The van der Waals surface area contributed by atoms with E-state index in [9.17, 15) is 4.79 Å². The minimum absolute atomic E-state index is 0.0749. The third kappa shape index (κ3) is 2.94. The van der Waals surface area contributed by atoms with Gasteiger partial charge in [-0.15, -0.1) is 0 Å². The van der Waals surface area contributed by atoms with Gasteiger partial charge < -0.3 is 14.9 Å². The number of aromatic nitrogens is 2. The molecule has 1 fully saturated rings. The van der Waals surface area contributed by atoms with Crippen LogP contribution in [0.4, 0.5) is 11.5 Å². The lowest BCUT2D eigenvalue weighted by Crippen LogP contribution is -2.46. The molecule has 3 rings (SSSR count). The molecule has 0 radical (unpaired) electrons. The van der Waals surface area contributed by atoms with Crippen LogP contribution in [0.2, 0.25) is 0 Å². The number of aromatic carboxylic acids is 1. The molecule has 0 aromatic carbocycles. The highest BCUT2D eigenvalue weighted by Gasteiger charge is 2.18. The zero-order valence-corrected chi connectivity index (χ0v) is 11.5. The van der Waals surface area contributed by atoms with E-state index < -0.39 is 5.97 Å². The molecule has 21 heavy (non-hydrogen) atoms. The number of rotatable bonds is 3. The van der Waals surface area contributed by atoms with Crippen molar-refractivity contribution in [3.63, 3.8) is 0 Å². The maximum atomic E-state index is 10.8. The molecule has 2 aromatic heterocycles. The van der Waals surface area contributed by atoms with Crippen molar-refractivity contribution in [1.82, 2.24) is 9.97 Å². The third-order valence-corrected chi connectivity index (χ3v) is 3.59. The van der Waals surface area contributed by atoms with Gasteiger partial charge in [0, 0.05) is 32.4 Å². The number of hydrogen-bond acceptors (Lipinski definition) is 5. The molecule has 0 amide bonds. The summed E-state index contributed by atoms with van der Waals surface area (Å²) in [5.74, 6) is -0.00183. The second-order valence-corrected chi connectivity index (χ2v) is 4.87. The quantitative estimate of drug-likeness (QED) is 0.921. The number of nitrogens with zero attached hydrogens (tertiary/aromatic N) is 4. The third-order valence-electron chi connectivity index (χ3n) is 3.59. The van der Waals surface area contributed by atoms with Crippen molar-refractivity contribution in [2.75, 3.05) is 36.0 Å². The van der Waals surface area contributed by atoms with Gasteiger partial charge in [0.1, 0.15) is 11.5 Å². The fraction of sp³-hybridized carbons (Fsp3) is 0.267. The molecule has 0 spiro atoms. The summed E-state index contributed by atoms with van der Waals surface area (Å²) >= 11 is 0. The van der Waals surface area contributed by atoms with E-state index in [0.29, 0.717) is 0 Å². The number of piperazine rings is 1. The first-order valence-electron chi connectivity index (χ1n) is 6.84. The summed E-state index contributed by atoms with van der Waals surface area (Å²) in [5.41, 5.74) is 1.03.